The maximum atomic E-state index is 9.01. The van der Waals surface area contributed by atoms with Gasteiger partial charge in [-0.15, -0.1) is 10.2 Å². The molecule has 1 N–H and O–H groups in total. The third kappa shape index (κ3) is 1.65. The van der Waals surface area contributed by atoms with Gasteiger partial charge in [0.1, 0.15) is 16.5 Å². The van der Waals surface area contributed by atoms with Gasteiger partial charge in [-0.25, -0.2) is 4.98 Å². The van der Waals surface area contributed by atoms with Gasteiger partial charge in [0.15, 0.2) is 5.01 Å². The molecule has 0 bridgehead atoms. The van der Waals surface area contributed by atoms with Crippen molar-refractivity contribution >= 4 is 11.3 Å². The summed E-state index contributed by atoms with van der Waals surface area (Å²) >= 11 is 1.48. The molecule has 0 amide bonds. The number of hydrogen-bond donors (Lipinski definition) is 1. The van der Waals surface area contributed by atoms with E-state index in [1.807, 2.05) is 6.92 Å². The van der Waals surface area contributed by atoms with Crippen molar-refractivity contribution in [3.63, 3.8) is 0 Å². The Morgan fingerprint density at radius 2 is 2.15 bits per heavy atom. The summed E-state index contributed by atoms with van der Waals surface area (Å²) in [4.78, 5) is 4.02. The van der Waals surface area contributed by atoms with E-state index in [2.05, 4.69) is 15.2 Å². The zero-order valence-corrected chi connectivity index (χ0v) is 7.75. The first kappa shape index (κ1) is 8.12. The molecule has 0 saturated heterocycles. The molecule has 0 fully saturated rings. The van der Waals surface area contributed by atoms with E-state index in [0.29, 0.717) is 0 Å². The van der Waals surface area contributed by atoms with E-state index in [9.17, 15) is 0 Å². The first-order valence-corrected chi connectivity index (χ1v) is 4.53. The number of aromatic hydroxyl groups is 1. The van der Waals surface area contributed by atoms with Crippen molar-refractivity contribution in [2.45, 2.75) is 6.92 Å². The smallest absolute Gasteiger partial charge is 0.166 e. The van der Waals surface area contributed by atoms with Crippen LogP contribution in [0, 0.1) is 6.92 Å². The van der Waals surface area contributed by atoms with Gasteiger partial charge >= 0.3 is 0 Å². The van der Waals surface area contributed by atoms with Crippen LogP contribution in [0.25, 0.3) is 10.7 Å². The minimum Gasteiger partial charge on any atom is -0.506 e. The Morgan fingerprint density at radius 3 is 2.69 bits per heavy atom. The topological polar surface area (TPSA) is 58.9 Å². The molecule has 0 saturated carbocycles. The van der Waals surface area contributed by atoms with Gasteiger partial charge in [-0.1, -0.05) is 11.3 Å². The van der Waals surface area contributed by atoms with Gasteiger partial charge < -0.3 is 5.11 Å². The van der Waals surface area contributed by atoms with Crippen molar-refractivity contribution < 1.29 is 5.11 Å². The van der Waals surface area contributed by atoms with Gasteiger partial charge in [-0.2, -0.15) is 0 Å². The van der Waals surface area contributed by atoms with Crippen LogP contribution in [-0.4, -0.2) is 20.3 Å². The average Bonchev–Trinajstić information content (AvgIpc) is 2.53. The first-order chi connectivity index (χ1) is 6.25. The van der Waals surface area contributed by atoms with E-state index < -0.39 is 0 Å². The van der Waals surface area contributed by atoms with E-state index in [1.54, 1.807) is 12.1 Å². The highest BCUT2D eigenvalue weighted by molar-refractivity contribution is 7.14. The first-order valence-electron chi connectivity index (χ1n) is 3.71. The maximum absolute atomic E-state index is 9.01. The molecule has 0 aliphatic rings. The third-order valence-corrected chi connectivity index (χ3v) is 2.35. The number of nitrogens with zero attached hydrogens (tertiary/aromatic N) is 3. The summed E-state index contributed by atoms with van der Waals surface area (Å²) in [6.45, 7) is 1.89. The molecule has 0 unspecified atom stereocenters. The van der Waals surface area contributed by atoms with Crippen molar-refractivity contribution in [3.8, 4) is 16.5 Å². The highest BCUT2D eigenvalue weighted by Gasteiger charge is 2.04. The number of aromatic nitrogens is 3. The highest BCUT2D eigenvalue weighted by Crippen LogP contribution is 2.21. The van der Waals surface area contributed by atoms with Gasteiger partial charge in [0.05, 0.1) is 6.20 Å². The van der Waals surface area contributed by atoms with E-state index in [0.717, 1.165) is 15.7 Å². The average molecular weight is 193 g/mol. The summed E-state index contributed by atoms with van der Waals surface area (Å²) in [7, 11) is 0. The minimum absolute atomic E-state index is 0.157. The summed E-state index contributed by atoms with van der Waals surface area (Å²) < 4.78 is 0. The van der Waals surface area contributed by atoms with Crippen LogP contribution in [0.3, 0.4) is 0 Å². The molecule has 2 heterocycles. The van der Waals surface area contributed by atoms with E-state index in [-0.39, 0.29) is 5.75 Å². The number of pyridine rings is 1. The number of aryl methyl sites for hydroxylation is 1. The van der Waals surface area contributed by atoms with Crippen molar-refractivity contribution in [1.82, 2.24) is 15.2 Å². The Hall–Kier alpha value is -1.49. The van der Waals surface area contributed by atoms with Crippen molar-refractivity contribution in [2.24, 2.45) is 0 Å². The fourth-order valence-electron chi connectivity index (χ4n) is 0.913. The lowest BCUT2D eigenvalue weighted by Crippen LogP contribution is -1.80. The SMILES string of the molecule is Cc1nnc(-c2ccc(O)cn2)s1. The molecule has 0 radical (unpaired) electrons. The molecule has 0 aliphatic heterocycles. The van der Waals surface area contributed by atoms with Crippen LogP contribution >= 0.6 is 11.3 Å². The van der Waals surface area contributed by atoms with Crippen LogP contribution in [0.4, 0.5) is 0 Å². The van der Waals surface area contributed by atoms with Crippen LogP contribution in [-0.2, 0) is 0 Å². The Labute approximate surface area is 78.9 Å². The summed E-state index contributed by atoms with van der Waals surface area (Å²) in [5.74, 6) is 0.157. The van der Waals surface area contributed by atoms with Gasteiger partial charge in [-0.05, 0) is 19.1 Å². The number of hydrogen-bond acceptors (Lipinski definition) is 5. The Kier molecular flexibility index (Phi) is 1.94. The summed E-state index contributed by atoms with van der Waals surface area (Å²) in [5.41, 5.74) is 0.739. The molecule has 2 rings (SSSR count). The normalized spacial score (nSPS) is 10.2. The molecule has 0 aromatic carbocycles. The van der Waals surface area contributed by atoms with E-state index >= 15 is 0 Å². The Balaban J connectivity index is 2.41. The zero-order valence-electron chi connectivity index (χ0n) is 6.93. The molecule has 2 aromatic rings. The quantitative estimate of drug-likeness (QED) is 0.747. The molecule has 13 heavy (non-hydrogen) atoms. The lowest BCUT2D eigenvalue weighted by molar-refractivity contribution is 0.473. The van der Waals surface area contributed by atoms with Crippen LogP contribution < -0.4 is 0 Å². The van der Waals surface area contributed by atoms with Crippen LogP contribution in [0.5, 0.6) is 5.75 Å². The van der Waals surface area contributed by atoms with E-state index in [1.165, 1.54) is 17.5 Å². The summed E-state index contributed by atoms with van der Waals surface area (Å²) in [5, 5.41) is 18.5. The molecule has 2 aromatic heterocycles. The van der Waals surface area contributed by atoms with Gasteiger partial charge in [0, 0.05) is 0 Å². The van der Waals surface area contributed by atoms with Gasteiger partial charge in [0.2, 0.25) is 0 Å². The van der Waals surface area contributed by atoms with Crippen LogP contribution in [0.1, 0.15) is 5.01 Å². The molecule has 5 heteroatoms. The predicted molar refractivity (Wildman–Crippen MR) is 49.5 cm³/mol. The molecule has 4 nitrogen and oxygen atoms in total. The Bertz CT molecular complexity index is 410. The fraction of sp³-hybridized carbons (Fsp3) is 0.125. The van der Waals surface area contributed by atoms with Crippen molar-refractivity contribution in [3.05, 3.63) is 23.3 Å². The fourth-order valence-corrected chi connectivity index (χ4v) is 1.58. The molecular formula is C8H7N3OS. The standard InChI is InChI=1S/C8H7N3OS/c1-5-10-11-8(13-5)7-3-2-6(12)4-9-7/h2-4,12H,1H3. The molecule has 0 spiro atoms. The van der Waals surface area contributed by atoms with E-state index in [4.69, 9.17) is 5.11 Å². The molecule has 0 aliphatic carbocycles. The Morgan fingerprint density at radius 1 is 1.31 bits per heavy atom. The lowest BCUT2D eigenvalue weighted by atomic mass is 10.3. The molecule has 66 valence electrons. The second kappa shape index (κ2) is 3.10. The van der Waals surface area contributed by atoms with Gasteiger partial charge in [-0.3, -0.25) is 0 Å². The second-order valence-electron chi connectivity index (χ2n) is 2.53. The van der Waals surface area contributed by atoms with Crippen LogP contribution in [0.2, 0.25) is 0 Å². The highest BCUT2D eigenvalue weighted by atomic mass is 32.1. The predicted octanol–water partition coefficient (Wildman–Crippen LogP) is 1.61. The maximum Gasteiger partial charge on any atom is 0.166 e. The summed E-state index contributed by atoms with van der Waals surface area (Å²) in [6.07, 6.45) is 1.39. The number of rotatable bonds is 1. The van der Waals surface area contributed by atoms with Crippen molar-refractivity contribution in [2.75, 3.05) is 0 Å². The summed E-state index contributed by atoms with van der Waals surface area (Å²) in [6, 6.07) is 3.30. The largest absolute Gasteiger partial charge is 0.506 e. The lowest BCUT2D eigenvalue weighted by Gasteiger charge is -1.93. The molecule has 0 atom stereocenters. The van der Waals surface area contributed by atoms with Crippen LogP contribution in [0.15, 0.2) is 18.3 Å². The third-order valence-electron chi connectivity index (χ3n) is 1.49. The van der Waals surface area contributed by atoms with Gasteiger partial charge in [0.25, 0.3) is 0 Å². The second-order valence-corrected chi connectivity index (χ2v) is 3.71. The minimum atomic E-state index is 0.157. The zero-order chi connectivity index (χ0) is 9.26. The monoisotopic (exact) mass is 193 g/mol. The molecular weight excluding hydrogens is 186 g/mol. The van der Waals surface area contributed by atoms with Crippen molar-refractivity contribution in [1.29, 1.82) is 0 Å².